The Morgan fingerprint density at radius 1 is 1.53 bits per heavy atom. The second-order valence-electron chi connectivity index (χ2n) is 3.45. The molecule has 0 fully saturated rings. The van der Waals surface area contributed by atoms with Crippen LogP contribution >= 0.6 is 22.7 Å². The van der Waals surface area contributed by atoms with Crippen molar-refractivity contribution in [3.05, 3.63) is 33.0 Å². The summed E-state index contributed by atoms with van der Waals surface area (Å²) >= 11 is 2.98. The minimum atomic E-state index is -0.345. The van der Waals surface area contributed by atoms with Crippen molar-refractivity contribution in [2.24, 2.45) is 0 Å². The van der Waals surface area contributed by atoms with Crippen LogP contribution in [0.5, 0.6) is 0 Å². The highest BCUT2D eigenvalue weighted by molar-refractivity contribution is 7.17. The van der Waals surface area contributed by atoms with E-state index in [1.54, 1.807) is 11.3 Å². The third-order valence-electron chi connectivity index (χ3n) is 2.28. The largest absolute Gasteiger partial charge is 0.465 e. The molecule has 0 aliphatic heterocycles. The fraction of sp³-hybridized carbons (Fsp3) is 0.273. The third-order valence-corrected chi connectivity index (χ3v) is 4.13. The van der Waals surface area contributed by atoms with Crippen molar-refractivity contribution in [2.45, 2.75) is 13.5 Å². The summed E-state index contributed by atoms with van der Waals surface area (Å²) in [6, 6.07) is 0. The van der Waals surface area contributed by atoms with Crippen LogP contribution in [0.15, 0.2) is 17.0 Å². The van der Waals surface area contributed by atoms with E-state index in [9.17, 15) is 4.79 Å². The van der Waals surface area contributed by atoms with Gasteiger partial charge in [0.2, 0.25) is 0 Å². The predicted molar refractivity (Wildman–Crippen MR) is 69.8 cm³/mol. The lowest BCUT2D eigenvalue weighted by molar-refractivity contribution is 0.0606. The fourth-order valence-electron chi connectivity index (χ4n) is 1.29. The number of ether oxygens (including phenoxy) is 1. The summed E-state index contributed by atoms with van der Waals surface area (Å²) in [6.45, 7) is 2.80. The molecular formula is C11H12N2O2S2. The molecule has 0 radical (unpaired) electrons. The first-order valence-electron chi connectivity index (χ1n) is 5.00. The van der Waals surface area contributed by atoms with Crippen LogP contribution in [0.1, 0.15) is 20.8 Å². The van der Waals surface area contributed by atoms with Crippen molar-refractivity contribution in [3.8, 4) is 0 Å². The summed E-state index contributed by atoms with van der Waals surface area (Å²) in [6.07, 6.45) is 1.53. The number of nitrogens with one attached hydrogen (secondary N) is 1. The SMILES string of the molecule is COC(=O)c1cnc(NCc2cscc2C)s1. The van der Waals surface area contributed by atoms with Crippen LogP contribution < -0.4 is 5.32 Å². The van der Waals surface area contributed by atoms with E-state index in [-0.39, 0.29) is 5.97 Å². The molecule has 0 spiro atoms. The Morgan fingerprint density at radius 2 is 2.35 bits per heavy atom. The highest BCUT2D eigenvalue weighted by Gasteiger charge is 2.10. The van der Waals surface area contributed by atoms with Gasteiger partial charge in [-0.05, 0) is 28.8 Å². The van der Waals surface area contributed by atoms with E-state index < -0.39 is 0 Å². The van der Waals surface area contributed by atoms with Gasteiger partial charge in [0.1, 0.15) is 4.88 Å². The first-order valence-corrected chi connectivity index (χ1v) is 6.76. The number of thiazole rings is 1. The van der Waals surface area contributed by atoms with Crippen LogP contribution in [0.25, 0.3) is 0 Å². The minimum absolute atomic E-state index is 0.345. The molecule has 0 aliphatic carbocycles. The topological polar surface area (TPSA) is 51.2 Å². The van der Waals surface area contributed by atoms with E-state index in [0.29, 0.717) is 4.88 Å². The number of carbonyl (C=O) groups is 1. The van der Waals surface area contributed by atoms with Gasteiger partial charge in [0, 0.05) is 6.54 Å². The normalized spacial score (nSPS) is 10.2. The molecule has 2 heterocycles. The van der Waals surface area contributed by atoms with Crippen molar-refractivity contribution in [1.82, 2.24) is 4.98 Å². The molecule has 0 saturated heterocycles. The average Bonchev–Trinajstić information content (AvgIpc) is 2.94. The molecule has 4 nitrogen and oxygen atoms in total. The summed E-state index contributed by atoms with van der Waals surface area (Å²) in [5.74, 6) is -0.345. The molecule has 90 valence electrons. The smallest absolute Gasteiger partial charge is 0.349 e. The van der Waals surface area contributed by atoms with Crippen LogP contribution in [0.3, 0.4) is 0 Å². The zero-order chi connectivity index (χ0) is 12.3. The average molecular weight is 268 g/mol. The second kappa shape index (κ2) is 5.29. The number of hydrogen-bond donors (Lipinski definition) is 1. The van der Waals surface area contributed by atoms with E-state index in [4.69, 9.17) is 0 Å². The summed E-state index contributed by atoms with van der Waals surface area (Å²) in [5.41, 5.74) is 2.53. The maximum Gasteiger partial charge on any atom is 0.349 e. The summed E-state index contributed by atoms with van der Waals surface area (Å²) in [7, 11) is 1.36. The van der Waals surface area contributed by atoms with Crippen molar-refractivity contribution in [3.63, 3.8) is 0 Å². The number of methoxy groups -OCH3 is 1. The number of anilines is 1. The van der Waals surface area contributed by atoms with Gasteiger partial charge >= 0.3 is 5.97 Å². The Kier molecular flexibility index (Phi) is 3.75. The Bertz CT molecular complexity index is 519. The number of esters is 1. The molecule has 0 amide bonds. The molecule has 2 aromatic heterocycles. The molecule has 0 saturated carbocycles. The Balaban J connectivity index is 1.98. The van der Waals surface area contributed by atoms with Gasteiger partial charge in [0.05, 0.1) is 13.3 Å². The molecule has 0 unspecified atom stereocenters. The summed E-state index contributed by atoms with van der Waals surface area (Å²) < 4.78 is 4.62. The molecule has 2 rings (SSSR count). The van der Waals surface area contributed by atoms with Crippen LogP contribution in [0, 0.1) is 6.92 Å². The van der Waals surface area contributed by atoms with Gasteiger partial charge in [-0.3, -0.25) is 0 Å². The number of nitrogens with zero attached hydrogens (tertiary/aromatic N) is 1. The summed E-state index contributed by atoms with van der Waals surface area (Å²) in [4.78, 5) is 15.9. The van der Waals surface area contributed by atoms with Gasteiger partial charge in [-0.2, -0.15) is 11.3 Å². The molecule has 1 N–H and O–H groups in total. The highest BCUT2D eigenvalue weighted by Crippen LogP contribution is 2.21. The van der Waals surface area contributed by atoms with E-state index >= 15 is 0 Å². The lowest BCUT2D eigenvalue weighted by atomic mass is 10.2. The monoisotopic (exact) mass is 268 g/mol. The lowest BCUT2D eigenvalue weighted by Gasteiger charge is -2.01. The van der Waals surface area contributed by atoms with E-state index in [0.717, 1.165) is 11.7 Å². The van der Waals surface area contributed by atoms with Crippen LogP contribution in [0.4, 0.5) is 5.13 Å². The number of thiophene rings is 1. The second-order valence-corrected chi connectivity index (χ2v) is 5.23. The van der Waals surface area contributed by atoms with E-state index in [1.807, 2.05) is 0 Å². The number of aromatic nitrogens is 1. The molecule has 0 aromatic carbocycles. The quantitative estimate of drug-likeness (QED) is 0.866. The van der Waals surface area contributed by atoms with Gasteiger partial charge < -0.3 is 10.1 Å². The maximum atomic E-state index is 11.2. The van der Waals surface area contributed by atoms with Crippen molar-refractivity contribution in [1.29, 1.82) is 0 Å². The summed E-state index contributed by atoms with van der Waals surface area (Å²) in [5, 5.41) is 8.14. The number of rotatable bonds is 4. The van der Waals surface area contributed by atoms with Gasteiger partial charge in [-0.15, -0.1) is 0 Å². The fourth-order valence-corrected chi connectivity index (χ4v) is 2.88. The van der Waals surface area contributed by atoms with Gasteiger partial charge in [-0.25, -0.2) is 9.78 Å². The zero-order valence-corrected chi connectivity index (χ0v) is 11.2. The van der Waals surface area contributed by atoms with Gasteiger partial charge in [-0.1, -0.05) is 11.3 Å². The standard InChI is InChI=1S/C11H12N2O2S2/c1-7-5-16-6-8(7)3-12-11-13-4-9(17-11)10(14)15-2/h4-6H,3H2,1-2H3,(H,12,13). The molecule has 0 atom stereocenters. The van der Waals surface area contributed by atoms with Crippen LogP contribution in [0.2, 0.25) is 0 Å². The zero-order valence-electron chi connectivity index (χ0n) is 9.52. The molecular weight excluding hydrogens is 256 g/mol. The number of carbonyl (C=O) groups excluding carboxylic acids is 1. The van der Waals surface area contributed by atoms with E-state index in [1.165, 1.54) is 35.8 Å². The lowest BCUT2D eigenvalue weighted by Crippen LogP contribution is -1.98. The van der Waals surface area contributed by atoms with Crippen molar-refractivity contribution < 1.29 is 9.53 Å². The van der Waals surface area contributed by atoms with E-state index in [2.05, 4.69) is 32.7 Å². The number of aryl methyl sites for hydroxylation is 1. The van der Waals surface area contributed by atoms with Crippen molar-refractivity contribution in [2.75, 3.05) is 12.4 Å². The van der Waals surface area contributed by atoms with Gasteiger partial charge in [0.15, 0.2) is 5.13 Å². The van der Waals surface area contributed by atoms with Crippen molar-refractivity contribution >= 4 is 33.8 Å². The Morgan fingerprint density at radius 3 is 3.00 bits per heavy atom. The molecule has 17 heavy (non-hydrogen) atoms. The van der Waals surface area contributed by atoms with Gasteiger partial charge in [0.25, 0.3) is 0 Å². The first kappa shape index (κ1) is 12.1. The minimum Gasteiger partial charge on any atom is -0.465 e. The molecule has 2 aromatic rings. The molecule has 0 aliphatic rings. The highest BCUT2D eigenvalue weighted by atomic mass is 32.1. The molecule has 0 bridgehead atoms. The maximum absolute atomic E-state index is 11.2. The Labute approximate surface area is 107 Å². The predicted octanol–water partition coefficient (Wildman–Crippen LogP) is 2.91. The van der Waals surface area contributed by atoms with Crippen LogP contribution in [-0.2, 0) is 11.3 Å². The first-order chi connectivity index (χ1) is 8.20. The molecule has 6 heteroatoms. The Hall–Kier alpha value is -1.40. The third kappa shape index (κ3) is 2.83. The number of hydrogen-bond acceptors (Lipinski definition) is 6. The van der Waals surface area contributed by atoms with Crippen LogP contribution in [-0.4, -0.2) is 18.1 Å².